The van der Waals surface area contributed by atoms with Crippen molar-refractivity contribution in [2.45, 2.75) is 18.9 Å². The fraction of sp³-hybridized carbons (Fsp3) is 0.391. The van der Waals surface area contributed by atoms with Crippen molar-refractivity contribution in [3.63, 3.8) is 0 Å². The van der Waals surface area contributed by atoms with Crippen LogP contribution in [0.15, 0.2) is 48.7 Å². The molecule has 2 saturated heterocycles. The van der Waals surface area contributed by atoms with Crippen LogP contribution >= 0.6 is 0 Å². The molecule has 0 radical (unpaired) electrons. The summed E-state index contributed by atoms with van der Waals surface area (Å²) in [7, 11) is 0. The van der Waals surface area contributed by atoms with Gasteiger partial charge < -0.3 is 25.0 Å². The Morgan fingerprint density at radius 3 is 2.63 bits per heavy atom. The molecule has 30 heavy (non-hydrogen) atoms. The molecule has 1 aromatic heterocycles. The standard InChI is InChI=1S/C23H27N5O2/c1-2-17-16-25-23(27-22(17)21(3-1)30-20-8-10-24-11-9-20)26-18-4-6-19(7-5-18)28-12-14-29-15-13-28/h1-7,16,20,24H,8-15H2,(H,25,26,27). The Morgan fingerprint density at radius 2 is 1.83 bits per heavy atom. The number of rotatable bonds is 5. The summed E-state index contributed by atoms with van der Waals surface area (Å²) < 4.78 is 11.7. The predicted octanol–water partition coefficient (Wildman–Crippen LogP) is 3.34. The average Bonchev–Trinajstić information content (AvgIpc) is 2.81. The number of fused-ring (bicyclic) bond motifs is 1. The lowest BCUT2D eigenvalue weighted by Gasteiger charge is -2.28. The van der Waals surface area contributed by atoms with Gasteiger partial charge in [0.25, 0.3) is 0 Å². The Morgan fingerprint density at radius 1 is 1.03 bits per heavy atom. The first-order valence-corrected chi connectivity index (χ1v) is 10.7. The maximum Gasteiger partial charge on any atom is 0.227 e. The van der Waals surface area contributed by atoms with Crippen LogP contribution in [-0.4, -0.2) is 55.5 Å². The first-order valence-electron chi connectivity index (χ1n) is 10.7. The minimum atomic E-state index is 0.232. The van der Waals surface area contributed by atoms with Crippen molar-refractivity contribution < 1.29 is 9.47 Å². The third-order valence-electron chi connectivity index (χ3n) is 5.65. The summed E-state index contributed by atoms with van der Waals surface area (Å²) in [5.74, 6) is 1.40. The highest BCUT2D eigenvalue weighted by Gasteiger charge is 2.16. The van der Waals surface area contributed by atoms with Crippen molar-refractivity contribution in [3.8, 4) is 5.75 Å². The van der Waals surface area contributed by atoms with Crippen LogP contribution in [-0.2, 0) is 4.74 Å². The Balaban J connectivity index is 1.33. The summed E-state index contributed by atoms with van der Waals surface area (Å²) in [5, 5.41) is 7.68. The molecular weight excluding hydrogens is 378 g/mol. The smallest absolute Gasteiger partial charge is 0.227 e. The Bertz CT molecular complexity index is 983. The zero-order valence-corrected chi connectivity index (χ0v) is 17.0. The number of anilines is 3. The van der Waals surface area contributed by atoms with Crippen LogP contribution in [0.1, 0.15) is 12.8 Å². The largest absolute Gasteiger partial charge is 0.488 e. The van der Waals surface area contributed by atoms with Gasteiger partial charge in [-0.15, -0.1) is 0 Å². The number of benzene rings is 2. The molecule has 0 saturated carbocycles. The molecule has 0 amide bonds. The van der Waals surface area contributed by atoms with Gasteiger partial charge in [0.15, 0.2) is 0 Å². The molecule has 0 bridgehead atoms. The van der Waals surface area contributed by atoms with Gasteiger partial charge in [-0.25, -0.2) is 9.97 Å². The zero-order valence-electron chi connectivity index (χ0n) is 17.0. The molecule has 2 aliphatic rings. The van der Waals surface area contributed by atoms with Gasteiger partial charge in [0.1, 0.15) is 17.4 Å². The number of morpholine rings is 1. The molecule has 2 N–H and O–H groups in total. The van der Waals surface area contributed by atoms with E-state index >= 15 is 0 Å². The summed E-state index contributed by atoms with van der Waals surface area (Å²) >= 11 is 0. The highest BCUT2D eigenvalue weighted by molar-refractivity contribution is 5.85. The SMILES string of the molecule is c1cc(OC2CCNCC2)c2nc(Nc3ccc(N4CCOCC4)cc3)ncc2c1. The topological polar surface area (TPSA) is 71.5 Å². The van der Waals surface area contributed by atoms with E-state index in [1.165, 1.54) is 5.69 Å². The van der Waals surface area contributed by atoms with E-state index in [9.17, 15) is 0 Å². The molecule has 2 aliphatic heterocycles. The molecule has 0 atom stereocenters. The molecule has 3 aromatic rings. The number of piperidine rings is 1. The van der Waals surface area contributed by atoms with Gasteiger partial charge in [-0.2, -0.15) is 0 Å². The van der Waals surface area contributed by atoms with Crippen molar-refractivity contribution in [1.82, 2.24) is 15.3 Å². The fourth-order valence-electron chi connectivity index (χ4n) is 3.98. The van der Waals surface area contributed by atoms with Gasteiger partial charge in [0, 0.05) is 36.0 Å². The highest BCUT2D eigenvalue weighted by atomic mass is 16.5. The van der Waals surface area contributed by atoms with Crippen molar-refractivity contribution in [3.05, 3.63) is 48.7 Å². The van der Waals surface area contributed by atoms with E-state index in [2.05, 4.69) is 44.8 Å². The molecule has 7 nitrogen and oxygen atoms in total. The molecule has 0 spiro atoms. The van der Waals surface area contributed by atoms with E-state index in [-0.39, 0.29) is 6.10 Å². The first kappa shape index (κ1) is 19.1. The van der Waals surface area contributed by atoms with Crippen molar-refractivity contribution in [2.24, 2.45) is 0 Å². The zero-order chi connectivity index (χ0) is 20.2. The average molecular weight is 406 g/mol. The Labute approximate surface area is 176 Å². The molecular formula is C23H27N5O2. The predicted molar refractivity (Wildman–Crippen MR) is 119 cm³/mol. The van der Waals surface area contributed by atoms with E-state index in [1.54, 1.807) is 0 Å². The second-order valence-corrected chi connectivity index (χ2v) is 7.73. The second kappa shape index (κ2) is 8.85. The maximum atomic E-state index is 6.28. The van der Waals surface area contributed by atoms with Crippen LogP contribution < -0.4 is 20.3 Å². The maximum absolute atomic E-state index is 6.28. The van der Waals surface area contributed by atoms with E-state index in [4.69, 9.17) is 14.5 Å². The summed E-state index contributed by atoms with van der Waals surface area (Å²) in [4.78, 5) is 11.6. The van der Waals surface area contributed by atoms with Crippen LogP contribution in [0.4, 0.5) is 17.3 Å². The molecule has 5 rings (SSSR count). The highest BCUT2D eigenvalue weighted by Crippen LogP contribution is 2.27. The number of hydrogen-bond donors (Lipinski definition) is 2. The number of nitrogens with zero attached hydrogens (tertiary/aromatic N) is 3. The summed E-state index contributed by atoms with van der Waals surface area (Å²) in [6, 6.07) is 14.4. The van der Waals surface area contributed by atoms with Gasteiger partial charge in [-0.05, 0) is 56.3 Å². The molecule has 2 aromatic carbocycles. The van der Waals surface area contributed by atoms with E-state index in [1.807, 2.05) is 24.4 Å². The number of aromatic nitrogens is 2. The molecule has 156 valence electrons. The van der Waals surface area contributed by atoms with Crippen LogP contribution in [0, 0.1) is 0 Å². The fourth-order valence-corrected chi connectivity index (χ4v) is 3.98. The third kappa shape index (κ3) is 4.32. The van der Waals surface area contributed by atoms with Gasteiger partial charge in [-0.3, -0.25) is 0 Å². The van der Waals surface area contributed by atoms with Crippen molar-refractivity contribution >= 4 is 28.2 Å². The summed E-state index contributed by atoms with van der Waals surface area (Å²) in [6.45, 7) is 5.43. The quantitative estimate of drug-likeness (QED) is 0.675. The van der Waals surface area contributed by atoms with Crippen LogP contribution in [0.3, 0.4) is 0 Å². The second-order valence-electron chi connectivity index (χ2n) is 7.73. The van der Waals surface area contributed by atoms with Crippen molar-refractivity contribution in [2.75, 3.05) is 49.6 Å². The third-order valence-corrected chi connectivity index (χ3v) is 5.65. The number of ether oxygens (including phenoxy) is 2. The lowest BCUT2D eigenvalue weighted by molar-refractivity contribution is 0.122. The lowest BCUT2D eigenvalue weighted by Crippen LogP contribution is -2.36. The van der Waals surface area contributed by atoms with Crippen LogP contribution in [0.25, 0.3) is 10.9 Å². The Hall–Kier alpha value is -2.90. The molecule has 7 heteroatoms. The van der Waals surface area contributed by atoms with Gasteiger partial charge >= 0.3 is 0 Å². The van der Waals surface area contributed by atoms with E-state index in [0.29, 0.717) is 5.95 Å². The number of nitrogens with one attached hydrogen (secondary N) is 2. The molecule has 0 unspecified atom stereocenters. The van der Waals surface area contributed by atoms with Crippen LogP contribution in [0.5, 0.6) is 5.75 Å². The Kier molecular flexibility index (Phi) is 5.63. The minimum Gasteiger partial charge on any atom is -0.488 e. The monoisotopic (exact) mass is 405 g/mol. The molecule has 3 heterocycles. The number of hydrogen-bond acceptors (Lipinski definition) is 7. The summed E-state index contributed by atoms with van der Waals surface area (Å²) in [5.41, 5.74) is 3.02. The van der Waals surface area contributed by atoms with Gasteiger partial charge in [0.2, 0.25) is 5.95 Å². The number of para-hydroxylation sites is 1. The normalized spacial score (nSPS) is 17.8. The summed E-state index contributed by atoms with van der Waals surface area (Å²) in [6.07, 6.45) is 4.11. The molecule has 2 fully saturated rings. The van der Waals surface area contributed by atoms with Crippen molar-refractivity contribution in [1.29, 1.82) is 0 Å². The lowest BCUT2D eigenvalue weighted by atomic mass is 10.1. The van der Waals surface area contributed by atoms with Gasteiger partial charge in [0.05, 0.1) is 13.2 Å². The van der Waals surface area contributed by atoms with E-state index < -0.39 is 0 Å². The minimum absolute atomic E-state index is 0.232. The molecule has 0 aliphatic carbocycles. The van der Waals surface area contributed by atoms with Crippen LogP contribution in [0.2, 0.25) is 0 Å². The van der Waals surface area contributed by atoms with Gasteiger partial charge in [-0.1, -0.05) is 12.1 Å². The first-order chi connectivity index (χ1) is 14.8. The van der Waals surface area contributed by atoms with E-state index in [0.717, 1.165) is 74.6 Å².